The molecule has 0 aliphatic carbocycles. The monoisotopic (exact) mass is 351 g/mol. The molecule has 26 heavy (non-hydrogen) atoms. The van der Waals surface area contributed by atoms with Crippen LogP contribution in [0.1, 0.15) is 33.6 Å². The number of amides is 1. The second kappa shape index (κ2) is 7.62. The number of carbonyl (C=O) groups excluding carboxylic acids is 1. The van der Waals surface area contributed by atoms with Gasteiger partial charge in [0, 0.05) is 12.1 Å². The Kier molecular flexibility index (Phi) is 5.09. The molecule has 3 aromatic rings. The van der Waals surface area contributed by atoms with Crippen LogP contribution in [0.3, 0.4) is 0 Å². The molecular weight excluding hydrogens is 336 g/mol. The van der Waals surface area contributed by atoms with Crippen molar-refractivity contribution in [1.82, 2.24) is 15.5 Å². The number of halogens is 2. The molecule has 0 unspecified atom stereocenters. The molecule has 0 fully saturated rings. The summed E-state index contributed by atoms with van der Waals surface area (Å²) >= 11 is 0. The van der Waals surface area contributed by atoms with Gasteiger partial charge in [0.05, 0.1) is 11.8 Å². The number of terminal acetylenes is 1. The van der Waals surface area contributed by atoms with E-state index in [-0.39, 0.29) is 12.1 Å². The van der Waals surface area contributed by atoms with Crippen molar-refractivity contribution in [3.63, 3.8) is 0 Å². The zero-order valence-corrected chi connectivity index (χ0v) is 13.7. The highest BCUT2D eigenvalue weighted by molar-refractivity contribution is 5.95. The largest absolute Gasteiger partial charge is 0.348 e. The molecule has 0 saturated carbocycles. The third-order valence-corrected chi connectivity index (χ3v) is 3.95. The molecule has 0 atom stereocenters. The third-order valence-electron chi connectivity index (χ3n) is 3.95. The molecular formula is C20H15F2N3O. The van der Waals surface area contributed by atoms with Crippen molar-refractivity contribution in [3.05, 3.63) is 77.1 Å². The highest BCUT2D eigenvalue weighted by atomic mass is 19.3. The number of aromatic amines is 1. The topological polar surface area (TPSA) is 57.8 Å². The Balaban J connectivity index is 1.79. The summed E-state index contributed by atoms with van der Waals surface area (Å²) in [6.45, 7) is 0.194. The molecule has 1 heterocycles. The number of carbonyl (C=O) groups is 1. The maximum absolute atomic E-state index is 12.9. The molecule has 2 N–H and O–H groups in total. The summed E-state index contributed by atoms with van der Waals surface area (Å²) in [6, 6.07) is 15.0. The van der Waals surface area contributed by atoms with Gasteiger partial charge in [-0.15, -0.1) is 6.42 Å². The van der Waals surface area contributed by atoms with E-state index >= 15 is 0 Å². The van der Waals surface area contributed by atoms with Crippen molar-refractivity contribution >= 4 is 5.91 Å². The van der Waals surface area contributed by atoms with Crippen molar-refractivity contribution in [2.75, 3.05) is 0 Å². The summed E-state index contributed by atoms with van der Waals surface area (Å²) in [5.74, 6) is 1.96. The number of alkyl halides is 2. The Morgan fingerprint density at radius 1 is 1.19 bits per heavy atom. The number of aromatic nitrogens is 2. The zero-order valence-electron chi connectivity index (χ0n) is 13.7. The molecule has 0 aliphatic heterocycles. The number of hydrogen-bond donors (Lipinski definition) is 2. The van der Waals surface area contributed by atoms with E-state index in [1.807, 2.05) is 48.5 Å². The Morgan fingerprint density at radius 2 is 1.92 bits per heavy atom. The van der Waals surface area contributed by atoms with E-state index in [2.05, 4.69) is 21.4 Å². The predicted octanol–water partition coefficient (Wildman–Crippen LogP) is 3.93. The lowest BCUT2D eigenvalue weighted by Crippen LogP contribution is -2.23. The lowest BCUT2D eigenvalue weighted by atomic mass is 9.98. The van der Waals surface area contributed by atoms with Crippen molar-refractivity contribution in [3.8, 4) is 23.5 Å². The predicted molar refractivity (Wildman–Crippen MR) is 94.5 cm³/mol. The first-order valence-corrected chi connectivity index (χ1v) is 7.84. The zero-order chi connectivity index (χ0) is 18.5. The Hall–Kier alpha value is -3.46. The standard InChI is InChI=1S/C20H15F2N3O/c1-2-13-7-9-14(10-8-13)16-6-4-3-5-15(16)11-23-20(26)17-12-24-25-18(17)19(21)22/h1,3-10,12,19H,11H2,(H,23,26)(H,24,25). The maximum Gasteiger partial charge on any atom is 0.280 e. The number of hydrogen-bond acceptors (Lipinski definition) is 2. The van der Waals surface area contributed by atoms with Gasteiger partial charge in [0.25, 0.3) is 12.3 Å². The molecule has 3 rings (SSSR count). The molecule has 1 amide bonds. The molecule has 130 valence electrons. The quantitative estimate of drug-likeness (QED) is 0.685. The number of H-pyrrole nitrogens is 1. The van der Waals surface area contributed by atoms with Crippen LogP contribution in [0.5, 0.6) is 0 Å². The van der Waals surface area contributed by atoms with Crippen molar-refractivity contribution in [1.29, 1.82) is 0 Å². The van der Waals surface area contributed by atoms with Crippen LogP contribution in [0.15, 0.2) is 54.7 Å². The van der Waals surface area contributed by atoms with Gasteiger partial charge in [-0.2, -0.15) is 5.10 Å². The van der Waals surface area contributed by atoms with E-state index in [1.165, 1.54) is 0 Å². The molecule has 6 heteroatoms. The molecule has 0 saturated heterocycles. The summed E-state index contributed by atoms with van der Waals surface area (Å²) in [7, 11) is 0. The fraction of sp³-hybridized carbons (Fsp3) is 0.100. The Bertz CT molecular complexity index is 956. The highest BCUT2D eigenvalue weighted by Crippen LogP contribution is 2.24. The van der Waals surface area contributed by atoms with Gasteiger partial charge in [-0.25, -0.2) is 8.78 Å². The molecule has 2 aromatic carbocycles. The molecule has 0 aliphatic rings. The van der Waals surface area contributed by atoms with Gasteiger partial charge >= 0.3 is 0 Å². The summed E-state index contributed by atoms with van der Waals surface area (Å²) < 4.78 is 25.7. The average Bonchev–Trinajstić information content (AvgIpc) is 3.17. The minimum absolute atomic E-state index is 0.157. The number of benzene rings is 2. The second-order valence-corrected chi connectivity index (χ2v) is 5.56. The summed E-state index contributed by atoms with van der Waals surface area (Å²) in [5.41, 5.74) is 2.87. The summed E-state index contributed by atoms with van der Waals surface area (Å²) in [6.07, 6.45) is 3.68. The Morgan fingerprint density at radius 3 is 2.62 bits per heavy atom. The van der Waals surface area contributed by atoms with Crippen LogP contribution in [-0.2, 0) is 6.54 Å². The highest BCUT2D eigenvalue weighted by Gasteiger charge is 2.20. The van der Waals surface area contributed by atoms with E-state index in [9.17, 15) is 13.6 Å². The van der Waals surface area contributed by atoms with Crippen LogP contribution in [0.4, 0.5) is 8.78 Å². The van der Waals surface area contributed by atoms with Gasteiger partial charge < -0.3 is 5.32 Å². The molecule has 1 aromatic heterocycles. The molecule has 4 nitrogen and oxygen atoms in total. The summed E-state index contributed by atoms with van der Waals surface area (Å²) in [4.78, 5) is 12.2. The first-order valence-electron chi connectivity index (χ1n) is 7.84. The normalized spacial score (nSPS) is 10.5. The maximum atomic E-state index is 12.9. The first-order chi connectivity index (χ1) is 12.6. The fourth-order valence-electron chi connectivity index (χ4n) is 2.62. The van der Waals surface area contributed by atoms with Crippen LogP contribution in [0.2, 0.25) is 0 Å². The molecule has 0 bridgehead atoms. The van der Waals surface area contributed by atoms with E-state index in [0.29, 0.717) is 0 Å². The van der Waals surface area contributed by atoms with Crippen molar-refractivity contribution < 1.29 is 13.6 Å². The van der Waals surface area contributed by atoms with Crippen LogP contribution in [0.25, 0.3) is 11.1 Å². The van der Waals surface area contributed by atoms with Crippen molar-refractivity contribution in [2.24, 2.45) is 0 Å². The first kappa shape index (κ1) is 17.4. The van der Waals surface area contributed by atoms with Crippen molar-refractivity contribution in [2.45, 2.75) is 13.0 Å². The van der Waals surface area contributed by atoms with E-state index < -0.39 is 18.0 Å². The minimum atomic E-state index is -2.79. The number of nitrogens with one attached hydrogen (secondary N) is 2. The fourth-order valence-corrected chi connectivity index (χ4v) is 2.62. The van der Waals surface area contributed by atoms with E-state index in [0.717, 1.165) is 28.5 Å². The van der Waals surface area contributed by atoms with Gasteiger partial charge in [0.2, 0.25) is 0 Å². The molecule has 0 radical (unpaired) electrons. The van der Waals surface area contributed by atoms with Crippen LogP contribution >= 0.6 is 0 Å². The molecule has 0 spiro atoms. The van der Waals surface area contributed by atoms with Crippen LogP contribution in [0, 0.1) is 12.3 Å². The second-order valence-electron chi connectivity index (χ2n) is 5.56. The van der Waals surface area contributed by atoms with E-state index in [1.54, 1.807) is 0 Å². The van der Waals surface area contributed by atoms with Gasteiger partial charge in [0.15, 0.2) is 0 Å². The van der Waals surface area contributed by atoms with Gasteiger partial charge in [-0.3, -0.25) is 9.89 Å². The number of rotatable bonds is 5. The van der Waals surface area contributed by atoms with Crippen LogP contribution in [-0.4, -0.2) is 16.1 Å². The average molecular weight is 351 g/mol. The third kappa shape index (κ3) is 3.62. The number of nitrogens with zero attached hydrogens (tertiary/aromatic N) is 1. The van der Waals surface area contributed by atoms with Crippen LogP contribution < -0.4 is 5.32 Å². The SMILES string of the molecule is C#Cc1ccc(-c2ccccc2CNC(=O)c2cn[nH]c2C(F)F)cc1. The van der Waals surface area contributed by atoms with Gasteiger partial charge in [0.1, 0.15) is 5.69 Å². The lowest BCUT2D eigenvalue weighted by Gasteiger charge is -2.11. The lowest BCUT2D eigenvalue weighted by molar-refractivity contribution is 0.0936. The minimum Gasteiger partial charge on any atom is -0.348 e. The van der Waals surface area contributed by atoms with Gasteiger partial charge in [-0.1, -0.05) is 42.3 Å². The Labute approximate surface area is 149 Å². The van der Waals surface area contributed by atoms with Gasteiger partial charge in [-0.05, 0) is 28.8 Å². The summed E-state index contributed by atoms with van der Waals surface area (Å²) in [5, 5.41) is 8.34. The van der Waals surface area contributed by atoms with E-state index in [4.69, 9.17) is 6.42 Å². The smallest absolute Gasteiger partial charge is 0.280 e.